The highest BCUT2D eigenvalue weighted by atomic mass is 35.5. The van der Waals surface area contributed by atoms with Gasteiger partial charge in [0.2, 0.25) is 5.96 Å². The summed E-state index contributed by atoms with van der Waals surface area (Å²) >= 11 is 0. The third kappa shape index (κ3) is 21.1. The van der Waals surface area contributed by atoms with E-state index in [1.165, 1.54) is 19.3 Å². The van der Waals surface area contributed by atoms with E-state index >= 15 is 0 Å². The predicted molar refractivity (Wildman–Crippen MR) is 77.6 cm³/mol. The molecule has 10 N–H and O–H groups in total. The highest BCUT2D eigenvalue weighted by molar-refractivity contribution is 5.94. The molecule has 0 fully saturated rings. The number of rotatable bonds is 6. The molecule has 106 valence electrons. The molecule has 0 heterocycles. The summed E-state index contributed by atoms with van der Waals surface area (Å²) in [5, 5.41) is 16.4. The van der Waals surface area contributed by atoms with Crippen molar-refractivity contribution in [1.82, 2.24) is 22.3 Å². The number of nitrogens with one attached hydrogen (secondary N) is 5. The fraction of sp³-hybridized carbons (Fsp3) is 0.750. The van der Waals surface area contributed by atoms with E-state index in [1.807, 2.05) is 0 Å². The van der Waals surface area contributed by atoms with Crippen molar-refractivity contribution in [1.29, 1.82) is 10.8 Å². The molecule has 0 radical (unpaired) electrons. The molecule has 0 aromatic heterocycles. The summed E-state index contributed by atoms with van der Waals surface area (Å²) in [6.45, 7) is 2.97. The first-order valence-corrected chi connectivity index (χ1v) is 4.85. The lowest BCUT2D eigenvalue weighted by molar-refractivity contribution is 0.574. The van der Waals surface area contributed by atoms with E-state index in [2.05, 4.69) is 23.1 Å². The van der Waals surface area contributed by atoms with Crippen LogP contribution in [0.15, 0.2) is 0 Å². The smallest absolute Gasteiger partial charge is 0.209 e. The molecule has 0 aromatic rings. The third-order valence-corrected chi connectivity index (χ3v) is 1.63. The quantitative estimate of drug-likeness (QED) is 0.169. The van der Waals surface area contributed by atoms with Gasteiger partial charge in [-0.05, 0) is 6.42 Å². The summed E-state index contributed by atoms with van der Waals surface area (Å²) < 4.78 is 0. The normalized spacial score (nSPS) is 7.82. The summed E-state index contributed by atoms with van der Waals surface area (Å²) in [4.78, 5) is 0. The minimum Gasteiger partial charge on any atom is -0.370 e. The molecule has 0 saturated heterocycles. The zero-order valence-corrected chi connectivity index (χ0v) is 11.8. The van der Waals surface area contributed by atoms with Crippen LogP contribution in [0.3, 0.4) is 0 Å². The van der Waals surface area contributed by atoms with Crippen molar-refractivity contribution in [2.24, 2.45) is 5.73 Å². The van der Waals surface area contributed by atoms with Gasteiger partial charge in [0.15, 0.2) is 5.96 Å². The number of hydrazine groups is 1. The summed E-state index contributed by atoms with van der Waals surface area (Å²) in [5.41, 5.74) is 10.5. The van der Waals surface area contributed by atoms with Gasteiger partial charge in [-0.1, -0.05) is 26.2 Å². The van der Waals surface area contributed by atoms with Crippen LogP contribution in [-0.4, -0.2) is 18.5 Å². The summed E-state index contributed by atoms with van der Waals surface area (Å²) in [7, 11) is 0. The van der Waals surface area contributed by atoms with Gasteiger partial charge >= 0.3 is 0 Å². The molecule has 0 rings (SSSR count). The first kappa shape index (κ1) is 25.2. The van der Waals surface area contributed by atoms with Crippen LogP contribution in [0.4, 0.5) is 0 Å². The van der Waals surface area contributed by atoms with E-state index < -0.39 is 0 Å². The molecule has 0 amide bonds. The van der Waals surface area contributed by atoms with Gasteiger partial charge in [0.25, 0.3) is 0 Å². The van der Waals surface area contributed by atoms with Crippen LogP contribution in [0.2, 0.25) is 0 Å². The van der Waals surface area contributed by atoms with Gasteiger partial charge in [0.1, 0.15) is 0 Å². The number of nitrogens with two attached hydrogens (primary N) is 1. The highest BCUT2D eigenvalue weighted by Gasteiger charge is 1.94. The van der Waals surface area contributed by atoms with Crippen LogP contribution in [0.25, 0.3) is 0 Å². The average Bonchev–Trinajstić information content (AvgIpc) is 2.10. The Balaban J connectivity index is -0.000000282. The van der Waals surface area contributed by atoms with Gasteiger partial charge in [0, 0.05) is 6.54 Å². The lowest BCUT2D eigenvalue weighted by Gasteiger charge is -2.09. The van der Waals surface area contributed by atoms with Gasteiger partial charge < -0.3 is 11.9 Å². The molecule has 7 nitrogen and oxygen atoms in total. The Labute approximate surface area is 115 Å². The van der Waals surface area contributed by atoms with Crippen molar-refractivity contribution in [3.05, 3.63) is 0 Å². The molecule has 9 heteroatoms. The molecule has 0 unspecified atom stereocenters. The zero-order valence-electron chi connectivity index (χ0n) is 10.1. The van der Waals surface area contributed by atoms with Crippen molar-refractivity contribution >= 4 is 36.7 Å². The van der Waals surface area contributed by atoms with E-state index in [0.717, 1.165) is 13.0 Å². The van der Waals surface area contributed by atoms with Crippen LogP contribution in [-0.2, 0) is 0 Å². The topological polar surface area (TPSA) is 145 Å². The number of unbranched alkanes of at least 4 members (excludes halogenated alkanes) is 3. The van der Waals surface area contributed by atoms with Crippen molar-refractivity contribution in [2.45, 2.75) is 32.6 Å². The second kappa shape index (κ2) is 17.6. The minimum atomic E-state index is -0.240. The Morgan fingerprint density at radius 1 is 1.12 bits per heavy atom. The molecule has 0 bridgehead atoms. The van der Waals surface area contributed by atoms with Crippen LogP contribution in [0, 0.1) is 10.8 Å². The second-order valence-electron chi connectivity index (χ2n) is 3.03. The highest BCUT2D eigenvalue weighted by Crippen LogP contribution is 1.96. The molecule has 0 atom stereocenters. The number of halogens is 2. The Morgan fingerprint density at radius 3 is 2.18 bits per heavy atom. The molecule has 17 heavy (non-hydrogen) atoms. The molecule has 0 aliphatic carbocycles. The van der Waals surface area contributed by atoms with Gasteiger partial charge in [-0.3, -0.25) is 21.6 Å². The Morgan fingerprint density at radius 2 is 1.71 bits per heavy atom. The summed E-state index contributed by atoms with van der Waals surface area (Å²) in [6, 6.07) is 0. The van der Waals surface area contributed by atoms with Crippen LogP contribution < -0.4 is 28.1 Å². The maximum atomic E-state index is 7.23. The van der Waals surface area contributed by atoms with E-state index in [1.54, 1.807) is 0 Å². The fourth-order valence-corrected chi connectivity index (χ4v) is 0.957. The standard InChI is InChI=1S/C8H20N6.2ClH.H3N/c1-2-3-4-5-6-12-14-8(11)13-7(9)10;;;/h12H,2-6H2,1H3,(H6,9,10,11,13,14);2*1H;1H3. The van der Waals surface area contributed by atoms with Crippen LogP contribution >= 0.6 is 24.8 Å². The zero-order chi connectivity index (χ0) is 10.8. The lowest BCUT2D eigenvalue weighted by Crippen LogP contribution is -2.49. The first-order valence-electron chi connectivity index (χ1n) is 4.85. The molecule has 0 spiro atoms. The fourth-order valence-electron chi connectivity index (χ4n) is 0.957. The average molecular weight is 290 g/mol. The monoisotopic (exact) mass is 289 g/mol. The Hall–Kier alpha value is -0.760. The maximum Gasteiger partial charge on any atom is 0.209 e. The van der Waals surface area contributed by atoms with Crippen molar-refractivity contribution < 1.29 is 0 Å². The molecule has 0 aliphatic heterocycles. The third-order valence-electron chi connectivity index (χ3n) is 1.63. The molecule has 0 saturated carbocycles. The molecular weight excluding hydrogens is 265 g/mol. The van der Waals surface area contributed by atoms with Crippen molar-refractivity contribution in [2.75, 3.05) is 6.54 Å². The number of hydrogen-bond acceptors (Lipinski definition) is 4. The van der Waals surface area contributed by atoms with E-state index in [4.69, 9.17) is 16.6 Å². The predicted octanol–water partition coefficient (Wildman–Crippen LogP) is 1.08. The van der Waals surface area contributed by atoms with Gasteiger partial charge in [0.05, 0.1) is 0 Å². The minimum absolute atomic E-state index is 0. The molecule has 0 aliphatic rings. The Bertz CT molecular complexity index is 189. The summed E-state index contributed by atoms with van der Waals surface area (Å²) in [5.74, 6) is -0.247. The van der Waals surface area contributed by atoms with Crippen molar-refractivity contribution in [3.63, 3.8) is 0 Å². The first-order chi connectivity index (χ1) is 6.66. The van der Waals surface area contributed by atoms with Crippen molar-refractivity contribution in [3.8, 4) is 0 Å². The van der Waals surface area contributed by atoms with E-state index in [0.29, 0.717) is 0 Å². The van der Waals surface area contributed by atoms with Crippen LogP contribution in [0.1, 0.15) is 32.6 Å². The van der Waals surface area contributed by atoms with Gasteiger partial charge in [-0.25, -0.2) is 5.43 Å². The Kier molecular flexibility index (Phi) is 26.1. The van der Waals surface area contributed by atoms with Gasteiger partial charge in [-0.2, -0.15) is 0 Å². The van der Waals surface area contributed by atoms with Gasteiger partial charge in [-0.15, -0.1) is 24.8 Å². The van der Waals surface area contributed by atoms with Crippen LogP contribution in [0.5, 0.6) is 0 Å². The molecular formula is C8H25Cl2N7. The number of guanidine groups is 2. The number of hydrogen-bond donors (Lipinski definition) is 7. The second-order valence-corrected chi connectivity index (χ2v) is 3.03. The van der Waals surface area contributed by atoms with E-state index in [-0.39, 0.29) is 42.9 Å². The summed E-state index contributed by atoms with van der Waals surface area (Å²) in [6.07, 6.45) is 4.73. The largest absolute Gasteiger partial charge is 0.370 e. The van der Waals surface area contributed by atoms with E-state index in [9.17, 15) is 0 Å². The lowest BCUT2D eigenvalue weighted by atomic mass is 10.2. The molecule has 0 aromatic carbocycles. The SMILES string of the molecule is CCCCCCNNC(=N)NC(=N)N.Cl.Cl.N. The maximum absolute atomic E-state index is 7.23.